The minimum absolute atomic E-state index is 0.00273. The molecule has 0 radical (unpaired) electrons. The molecule has 0 heterocycles. The molecule has 1 atom stereocenters. The van der Waals surface area contributed by atoms with E-state index in [4.69, 9.17) is 9.84 Å². The second-order valence-corrected chi connectivity index (χ2v) is 4.95. The lowest BCUT2D eigenvalue weighted by Crippen LogP contribution is -2.47. The topological polar surface area (TPSA) is 95.9 Å². The lowest BCUT2D eigenvalue weighted by molar-refractivity contribution is -0.143. The van der Waals surface area contributed by atoms with Gasteiger partial charge in [0.1, 0.15) is 6.54 Å². The van der Waals surface area contributed by atoms with Gasteiger partial charge in [0.25, 0.3) is 0 Å². The Morgan fingerprint density at radius 3 is 2.55 bits per heavy atom. The molecule has 0 aromatic heterocycles. The first-order valence-electron chi connectivity index (χ1n) is 6.88. The van der Waals surface area contributed by atoms with Crippen LogP contribution in [0.4, 0.5) is 4.79 Å². The van der Waals surface area contributed by atoms with E-state index in [0.29, 0.717) is 6.42 Å². The number of amides is 2. The predicted octanol–water partition coefficient (Wildman–Crippen LogP) is 0.977. The molecule has 0 aromatic rings. The molecular formula is C13H22N2O5. The molecule has 0 aliphatic heterocycles. The molecule has 7 nitrogen and oxygen atoms in total. The molecule has 1 unspecified atom stereocenters. The zero-order valence-corrected chi connectivity index (χ0v) is 11.9. The van der Waals surface area contributed by atoms with Crippen LogP contribution in [0.25, 0.3) is 0 Å². The van der Waals surface area contributed by atoms with Gasteiger partial charge in [0, 0.05) is 18.5 Å². The van der Waals surface area contributed by atoms with Crippen molar-refractivity contribution in [3.63, 3.8) is 0 Å². The minimum Gasteiger partial charge on any atom is -0.481 e. The molecule has 1 fully saturated rings. The van der Waals surface area contributed by atoms with Gasteiger partial charge in [0.15, 0.2) is 0 Å². The largest absolute Gasteiger partial charge is 0.481 e. The van der Waals surface area contributed by atoms with Crippen LogP contribution in [0.2, 0.25) is 0 Å². The van der Waals surface area contributed by atoms with Gasteiger partial charge in [0.05, 0.1) is 6.61 Å². The van der Waals surface area contributed by atoms with Gasteiger partial charge < -0.3 is 20.1 Å². The third-order valence-electron chi connectivity index (χ3n) is 3.01. The Bertz CT molecular complexity index is 368. The summed E-state index contributed by atoms with van der Waals surface area (Å²) < 4.78 is 4.85. The summed E-state index contributed by atoms with van der Waals surface area (Å²) in [6.45, 7) is 3.69. The number of hydrogen-bond acceptors (Lipinski definition) is 4. The third kappa shape index (κ3) is 5.90. The van der Waals surface area contributed by atoms with E-state index in [1.54, 1.807) is 13.8 Å². The molecule has 0 aromatic carbocycles. The minimum atomic E-state index is -0.892. The summed E-state index contributed by atoms with van der Waals surface area (Å²) in [4.78, 5) is 35.5. The maximum Gasteiger partial charge on any atom is 0.325 e. The number of carbonyl (C=O) groups is 3. The summed E-state index contributed by atoms with van der Waals surface area (Å²) in [5, 5.41) is 11.3. The van der Waals surface area contributed by atoms with Crippen molar-refractivity contribution in [2.75, 3.05) is 13.2 Å². The average molecular weight is 286 g/mol. The van der Waals surface area contributed by atoms with Gasteiger partial charge in [-0.15, -0.1) is 0 Å². The molecule has 114 valence electrons. The number of carboxylic acid groups (broad SMARTS) is 1. The molecule has 2 N–H and O–H groups in total. The molecule has 1 saturated carbocycles. The van der Waals surface area contributed by atoms with E-state index in [-0.39, 0.29) is 37.7 Å². The van der Waals surface area contributed by atoms with E-state index in [1.807, 2.05) is 0 Å². The van der Waals surface area contributed by atoms with Crippen LogP contribution in [0.3, 0.4) is 0 Å². The van der Waals surface area contributed by atoms with Gasteiger partial charge in [-0.3, -0.25) is 9.59 Å². The highest BCUT2D eigenvalue weighted by atomic mass is 16.5. The highest BCUT2D eigenvalue weighted by Crippen LogP contribution is 2.26. The van der Waals surface area contributed by atoms with Crippen LogP contribution < -0.4 is 5.32 Å². The lowest BCUT2D eigenvalue weighted by atomic mass is 10.2. The monoisotopic (exact) mass is 286 g/mol. The summed E-state index contributed by atoms with van der Waals surface area (Å²) in [6, 6.07) is -0.494. The van der Waals surface area contributed by atoms with Gasteiger partial charge in [-0.2, -0.15) is 0 Å². The van der Waals surface area contributed by atoms with Crippen LogP contribution in [-0.2, 0) is 14.3 Å². The normalized spacial score (nSPS) is 15.3. The van der Waals surface area contributed by atoms with Crippen LogP contribution in [0.15, 0.2) is 0 Å². The van der Waals surface area contributed by atoms with E-state index in [0.717, 1.165) is 12.8 Å². The van der Waals surface area contributed by atoms with Crippen LogP contribution >= 0.6 is 0 Å². The molecule has 1 aliphatic carbocycles. The van der Waals surface area contributed by atoms with Crippen molar-refractivity contribution in [1.82, 2.24) is 10.2 Å². The number of carbonyl (C=O) groups excluding carboxylic acids is 2. The Labute approximate surface area is 118 Å². The Morgan fingerprint density at radius 2 is 2.05 bits per heavy atom. The number of esters is 1. The number of ether oxygens (including phenoxy) is 1. The molecule has 1 aliphatic rings. The van der Waals surface area contributed by atoms with Gasteiger partial charge >= 0.3 is 18.0 Å². The van der Waals surface area contributed by atoms with Crippen molar-refractivity contribution in [1.29, 1.82) is 0 Å². The third-order valence-corrected chi connectivity index (χ3v) is 3.01. The zero-order valence-electron chi connectivity index (χ0n) is 11.9. The zero-order chi connectivity index (χ0) is 15.1. The molecular weight excluding hydrogens is 264 g/mol. The molecule has 20 heavy (non-hydrogen) atoms. The quantitative estimate of drug-likeness (QED) is 0.648. The second kappa shape index (κ2) is 7.72. The fraction of sp³-hybridized carbons (Fsp3) is 0.769. The maximum atomic E-state index is 12.1. The van der Waals surface area contributed by atoms with Crippen LogP contribution in [0.1, 0.15) is 39.5 Å². The first-order valence-corrected chi connectivity index (χ1v) is 6.88. The number of urea groups is 1. The predicted molar refractivity (Wildman–Crippen MR) is 71.2 cm³/mol. The number of hydrogen-bond donors (Lipinski definition) is 2. The van der Waals surface area contributed by atoms with Crippen molar-refractivity contribution < 1.29 is 24.2 Å². The highest BCUT2D eigenvalue weighted by molar-refractivity contribution is 5.81. The van der Waals surface area contributed by atoms with E-state index in [9.17, 15) is 14.4 Å². The molecule has 1 rings (SSSR count). The fourth-order valence-electron chi connectivity index (χ4n) is 1.80. The number of carboxylic acids is 1. The summed E-state index contributed by atoms with van der Waals surface area (Å²) in [6.07, 6.45) is 2.13. The van der Waals surface area contributed by atoms with Crippen molar-refractivity contribution in [2.24, 2.45) is 0 Å². The van der Waals surface area contributed by atoms with E-state index >= 15 is 0 Å². The summed E-state index contributed by atoms with van der Waals surface area (Å²) in [5.41, 5.74) is 0. The van der Waals surface area contributed by atoms with Crippen molar-refractivity contribution >= 4 is 18.0 Å². The maximum absolute atomic E-state index is 12.1. The molecule has 7 heteroatoms. The Balaban J connectivity index is 2.43. The van der Waals surface area contributed by atoms with E-state index < -0.39 is 11.9 Å². The standard InChI is InChI=1S/C13H22N2O5/c1-3-20-12(18)8-15(10-5-6-10)13(19)14-9(2)4-7-11(16)17/h9-10H,3-8H2,1-2H3,(H,14,19)(H,16,17). The smallest absolute Gasteiger partial charge is 0.325 e. The van der Waals surface area contributed by atoms with Crippen LogP contribution in [-0.4, -0.2) is 53.2 Å². The number of rotatable bonds is 8. The van der Waals surface area contributed by atoms with E-state index in [2.05, 4.69) is 5.32 Å². The Kier molecular flexibility index (Phi) is 6.27. The number of nitrogens with zero attached hydrogens (tertiary/aromatic N) is 1. The second-order valence-electron chi connectivity index (χ2n) is 4.95. The molecule has 0 spiro atoms. The highest BCUT2D eigenvalue weighted by Gasteiger charge is 2.34. The average Bonchev–Trinajstić information content (AvgIpc) is 3.18. The van der Waals surface area contributed by atoms with Crippen molar-refractivity contribution in [2.45, 2.75) is 51.6 Å². The first kappa shape index (κ1) is 16.3. The van der Waals surface area contributed by atoms with Gasteiger partial charge in [-0.25, -0.2) is 4.79 Å². The van der Waals surface area contributed by atoms with Crippen molar-refractivity contribution in [3.8, 4) is 0 Å². The summed E-state index contributed by atoms with van der Waals surface area (Å²) in [7, 11) is 0. The molecule has 0 bridgehead atoms. The SMILES string of the molecule is CCOC(=O)CN(C(=O)NC(C)CCC(=O)O)C1CC1. The Hall–Kier alpha value is -1.79. The van der Waals surface area contributed by atoms with Gasteiger partial charge in [-0.05, 0) is 33.1 Å². The van der Waals surface area contributed by atoms with Crippen molar-refractivity contribution in [3.05, 3.63) is 0 Å². The lowest BCUT2D eigenvalue weighted by Gasteiger charge is -2.24. The first-order chi connectivity index (χ1) is 9.43. The Morgan fingerprint density at radius 1 is 1.40 bits per heavy atom. The fourth-order valence-corrected chi connectivity index (χ4v) is 1.80. The van der Waals surface area contributed by atoms with Gasteiger partial charge in [0.2, 0.25) is 0 Å². The van der Waals surface area contributed by atoms with Crippen LogP contribution in [0.5, 0.6) is 0 Å². The van der Waals surface area contributed by atoms with Gasteiger partial charge in [-0.1, -0.05) is 0 Å². The molecule has 2 amide bonds. The van der Waals surface area contributed by atoms with Crippen LogP contribution in [0, 0.1) is 0 Å². The summed E-state index contributed by atoms with van der Waals surface area (Å²) >= 11 is 0. The molecule has 0 saturated heterocycles. The number of nitrogens with one attached hydrogen (secondary N) is 1. The number of aliphatic carboxylic acids is 1. The summed E-state index contributed by atoms with van der Waals surface area (Å²) in [5.74, 6) is -1.32. The van der Waals surface area contributed by atoms with E-state index in [1.165, 1.54) is 4.90 Å².